The van der Waals surface area contributed by atoms with Gasteiger partial charge in [0.25, 0.3) is 0 Å². The van der Waals surface area contributed by atoms with Crippen LogP contribution in [0, 0.1) is 0 Å². The summed E-state index contributed by atoms with van der Waals surface area (Å²) < 4.78 is 38.5. The number of benzene rings is 1. The van der Waals surface area contributed by atoms with Crippen LogP contribution < -0.4 is 4.90 Å². The quantitative estimate of drug-likeness (QED) is 0.484. The van der Waals surface area contributed by atoms with Gasteiger partial charge in [0.15, 0.2) is 0 Å². The molecule has 0 radical (unpaired) electrons. The summed E-state index contributed by atoms with van der Waals surface area (Å²) in [5.74, 6) is 0.574. The van der Waals surface area contributed by atoms with E-state index < -0.39 is 11.7 Å². The van der Waals surface area contributed by atoms with Gasteiger partial charge < -0.3 is 4.90 Å². The number of nitrogens with one attached hydrogen (secondary N) is 1. The van der Waals surface area contributed by atoms with E-state index in [9.17, 15) is 13.2 Å². The van der Waals surface area contributed by atoms with Gasteiger partial charge >= 0.3 is 6.18 Å². The fourth-order valence-corrected chi connectivity index (χ4v) is 4.40. The standard InChI is InChI=1S/C24H23F3N6/c1-16-14-32(8-9-33(16)22-5-4-21(13-29-22)24(25,26)27)15-20-12-30-31-23(20)18-2-3-19-11-28-7-6-17(19)10-18/h2-7,10-13,16H,8-9,14-15H2,1H3,(H,30,31). The van der Waals surface area contributed by atoms with Gasteiger partial charge in [-0.15, -0.1) is 0 Å². The number of H-pyrrole nitrogens is 1. The Morgan fingerprint density at radius 1 is 1.06 bits per heavy atom. The highest BCUT2D eigenvalue weighted by Crippen LogP contribution is 2.30. The molecule has 1 fully saturated rings. The first-order chi connectivity index (χ1) is 15.9. The topological polar surface area (TPSA) is 60.9 Å². The molecule has 3 aromatic heterocycles. The largest absolute Gasteiger partial charge is 0.417 e. The van der Waals surface area contributed by atoms with Gasteiger partial charge in [0.05, 0.1) is 11.3 Å². The Morgan fingerprint density at radius 3 is 2.70 bits per heavy atom. The lowest BCUT2D eigenvalue weighted by molar-refractivity contribution is -0.137. The molecule has 33 heavy (non-hydrogen) atoms. The van der Waals surface area contributed by atoms with E-state index in [1.807, 2.05) is 24.5 Å². The SMILES string of the molecule is CC1CN(Cc2c[nH]nc2-c2ccc3cnccc3c2)CCN1c1ccc(C(F)(F)F)cn1. The molecule has 6 nitrogen and oxygen atoms in total. The summed E-state index contributed by atoms with van der Waals surface area (Å²) >= 11 is 0. The minimum atomic E-state index is -4.37. The van der Waals surface area contributed by atoms with E-state index >= 15 is 0 Å². The summed E-state index contributed by atoms with van der Waals surface area (Å²) in [6.45, 7) is 5.05. The van der Waals surface area contributed by atoms with E-state index in [2.05, 4.69) is 49.0 Å². The van der Waals surface area contributed by atoms with Gasteiger partial charge in [-0.05, 0) is 36.6 Å². The van der Waals surface area contributed by atoms with Crippen molar-refractivity contribution in [2.24, 2.45) is 0 Å². The minimum absolute atomic E-state index is 0.117. The lowest BCUT2D eigenvalue weighted by Gasteiger charge is -2.40. The molecule has 0 bridgehead atoms. The number of piperazine rings is 1. The van der Waals surface area contributed by atoms with Gasteiger partial charge in [-0.25, -0.2) is 4.98 Å². The highest BCUT2D eigenvalue weighted by atomic mass is 19.4. The van der Waals surface area contributed by atoms with Gasteiger partial charge in [-0.2, -0.15) is 18.3 Å². The Balaban J connectivity index is 1.28. The molecule has 1 N–H and O–H groups in total. The van der Waals surface area contributed by atoms with Crippen molar-refractivity contribution in [2.45, 2.75) is 25.7 Å². The second kappa shape index (κ2) is 8.47. The molecule has 1 saturated heterocycles. The number of pyridine rings is 2. The number of rotatable bonds is 4. The predicted molar refractivity (Wildman–Crippen MR) is 121 cm³/mol. The van der Waals surface area contributed by atoms with Crippen LogP contribution in [0.15, 0.2) is 61.2 Å². The number of anilines is 1. The first-order valence-corrected chi connectivity index (χ1v) is 10.8. The highest BCUT2D eigenvalue weighted by Gasteiger charge is 2.32. The molecular formula is C24H23F3N6. The molecule has 1 atom stereocenters. The first kappa shape index (κ1) is 21.4. The summed E-state index contributed by atoms with van der Waals surface area (Å²) in [6.07, 6.45) is 2.09. The van der Waals surface area contributed by atoms with Crippen LogP contribution in [-0.4, -0.2) is 50.7 Å². The van der Waals surface area contributed by atoms with Crippen LogP contribution in [0.2, 0.25) is 0 Å². The molecule has 170 valence electrons. The maximum atomic E-state index is 12.8. The lowest BCUT2D eigenvalue weighted by Crippen LogP contribution is -2.51. The number of aromatic nitrogens is 4. The number of hydrogen-bond donors (Lipinski definition) is 1. The summed E-state index contributed by atoms with van der Waals surface area (Å²) in [6, 6.07) is 10.9. The van der Waals surface area contributed by atoms with Gasteiger partial charge in [-0.3, -0.25) is 15.0 Å². The lowest BCUT2D eigenvalue weighted by atomic mass is 10.0. The van der Waals surface area contributed by atoms with Crippen LogP contribution in [-0.2, 0) is 12.7 Å². The third-order valence-corrected chi connectivity index (χ3v) is 6.11. The zero-order chi connectivity index (χ0) is 23.0. The van der Waals surface area contributed by atoms with Gasteiger partial charge in [0, 0.05) is 73.5 Å². The zero-order valence-corrected chi connectivity index (χ0v) is 18.0. The van der Waals surface area contributed by atoms with Gasteiger partial charge in [0.1, 0.15) is 5.82 Å². The number of fused-ring (bicyclic) bond motifs is 1. The fourth-order valence-electron chi connectivity index (χ4n) is 4.40. The Morgan fingerprint density at radius 2 is 1.94 bits per heavy atom. The summed E-state index contributed by atoms with van der Waals surface area (Å²) in [4.78, 5) is 12.6. The molecule has 0 saturated carbocycles. The molecule has 1 aromatic carbocycles. The summed E-state index contributed by atoms with van der Waals surface area (Å²) in [7, 11) is 0. The number of alkyl halides is 3. The molecule has 4 aromatic rings. The molecular weight excluding hydrogens is 429 g/mol. The van der Waals surface area contributed by atoms with Crippen LogP contribution in [0.3, 0.4) is 0 Å². The fraction of sp³-hybridized carbons (Fsp3) is 0.292. The van der Waals surface area contributed by atoms with E-state index in [1.165, 1.54) is 6.07 Å². The number of aromatic amines is 1. The monoisotopic (exact) mass is 452 g/mol. The van der Waals surface area contributed by atoms with E-state index in [0.29, 0.717) is 12.4 Å². The molecule has 9 heteroatoms. The highest BCUT2D eigenvalue weighted by molar-refractivity contribution is 5.86. The maximum absolute atomic E-state index is 12.8. The van der Waals surface area contributed by atoms with Crippen LogP contribution in [0.25, 0.3) is 22.0 Å². The van der Waals surface area contributed by atoms with Gasteiger partial charge in [0.2, 0.25) is 0 Å². The van der Waals surface area contributed by atoms with Crippen molar-refractivity contribution < 1.29 is 13.2 Å². The minimum Gasteiger partial charge on any atom is -0.351 e. The van der Waals surface area contributed by atoms with Crippen molar-refractivity contribution in [3.8, 4) is 11.3 Å². The van der Waals surface area contributed by atoms with E-state index in [4.69, 9.17) is 0 Å². The molecule has 1 unspecified atom stereocenters. The Bertz CT molecular complexity index is 1250. The summed E-state index contributed by atoms with van der Waals surface area (Å²) in [5, 5.41) is 9.68. The number of nitrogens with zero attached hydrogens (tertiary/aromatic N) is 5. The molecule has 0 amide bonds. The van der Waals surface area contributed by atoms with Crippen LogP contribution in [0.1, 0.15) is 18.1 Å². The molecule has 5 rings (SSSR count). The Kier molecular flexibility index (Phi) is 5.49. The Labute approximate surface area is 189 Å². The molecule has 4 heterocycles. The van der Waals surface area contributed by atoms with Crippen LogP contribution in [0.4, 0.5) is 19.0 Å². The average Bonchev–Trinajstić information content (AvgIpc) is 3.26. The Hall–Kier alpha value is -3.46. The van der Waals surface area contributed by atoms with Crippen molar-refractivity contribution in [1.29, 1.82) is 0 Å². The predicted octanol–water partition coefficient (Wildman–Crippen LogP) is 4.75. The van der Waals surface area contributed by atoms with Crippen molar-refractivity contribution in [2.75, 3.05) is 24.5 Å². The molecule has 1 aliphatic rings. The molecule has 1 aliphatic heterocycles. The number of hydrogen-bond acceptors (Lipinski definition) is 5. The van der Waals surface area contributed by atoms with E-state index in [1.54, 1.807) is 6.20 Å². The van der Waals surface area contributed by atoms with Crippen molar-refractivity contribution in [1.82, 2.24) is 25.1 Å². The third-order valence-electron chi connectivity index (χ3n) is 6.11. The maximum Gasteiger partial charge on any atom is 0.417 e. The van der Waals surface area contributed by atoms with E-state index in [-0.39, 0.29) is 6.04 Å². The van der Waals surface area contributed by atoms with Crippen molar-refractivity contribution in [3.63, 3.8) is 0 Å². The van der Waals surface area contributed by atoms with Crippen molar-refractivity contribution >= 4 is 16.6 Å². The average molecular weight is 452 g/mol. The smallest absolute Gasteiger partial charge is 0.351 e. The van der Waals surface area contributed by atoms with E-state index in [0.717, 1.165) is 59.5 Å². The third kappa shape index (κ3) is 4.41. The van der Waals surface area contributed by atoms with Crippen LogP contribution >= 0.6 is 0 Å². The normalized spacial score (nSPS) is 17.6. The molecule has 0 aliphatic carbocycles. The number of halogens is 3. The van der Waals surface area contributed by atoms with Gasteiger partial charge in [-0.1, -0.05) is 12.1 Å². The molecule has 0 spiro atoms. The second-order valence-corrected chi connectivity index (χ2v) is 8.38. The zero-order valence-electron chi connectivity index (χ0n) is 18.0. The second-order valence-electron chi connectivity index (χ2n) is 8.38. The van der Waals surface area contributed by atoms with Crippen LogP contribution in [0.5, 0.6) is 0 Å². The van der Waals surface area contributed by atoms with Crippen molar-refractivity contribution in [3.05, 3.63) is 72.3 Å². The first-order valence-electron chi connectivity index (χ1n) is 10.8. The summed E-state index contributed by atoms with van der Waals surface area (Å²) in [5.41, 5.74) is 2.35.